The molecule has 1 atom stereocenters. The summed E-state index contributed by atoms with van der Waals surface area (Å²) in [4.78, 5) is 19.2. The minimum absolute atomic E-state index is 0.0121. The Bertz CT molecular complexity index is 794. The van der Waals surface area contributed by atoms with Crippen LogP contribution in [0, 0.1) is 0 Å². The number of aromatic nitrogens is 1. The van der Waals surface area contributed by atoms with E-state index >= 15 is 0 Å². The van der Waals surface area contributed by atoms with Crippen molar-refractivity contribution in [3.8, 4) is 5.75 Å². The monoisotopic (exact) mass is 393 g/mol. The lowest BCUT2D eigenvalue weighted by atomic mass is 10.0. The molecule has 1 aromatic heterocycles. The van der Waals surface area contributed by atoms with Crippen LogP contribution in [0.15, 0.2) is 53.8 Å². The summed E-state index contributed by atoms with van der Waals surface area (Å²) in [6.45, 7) is -0.620. The number of ether oxygens (including phenoxy) is 1. The molecule has 8 heteroatoms. The van der Waals surface area contributed by atoms with Crippen molar-refractivity contribution < 1.29 is 22.9 Å². The van der Waals surface area contributed by atoms with E-state index in [4.69, 9.17) is 12.6 Å². The number of nitrogens with zero attached hydrogens (tertiary/aromatic N) is 3. The zero-order valence-corrected chi connectivity index (χ0v) is 16.1. The smallest absolute Gasteiger partial charge is 0.387 e. The van der Waals surface area contributed by atoms with Gasteiger partial charge in [-0.3, -0.25) is 4.79 Å². The van der Waals surface area contributed by atoms with Crippen molar-refractivity contribution in [3.63, 3.8) is 0 Å². The first-order chi connectivity index (χ1) is 12.8. The van der Waals surface area contributed by atoms with Crippen LogP contribution in [-0.2, 0) is 12.6 Å². The van der Waals surface area contributed by atoms with E-state index in [0.717, 1.165) is 5.69 Å². The summed E-state index contributed by atoms with van der Waals surface area (Å²) in [5.74, 6) is -0.287. The number of anilines is 1. The summed E-state index contributed by atoms with van der Waals surface area (Å²) in [5, 5.41) is 0.262. The van der Waals surface area contributed by atoms with Crippen molar-refractivity contribution in [2.24, 2.45) is 4.99 Å². The Balaban J connectivity index is 2.35. The predicted octanol–water partition coefficient (Wildman–Crippen LogP) is 3.03. The molecule has 27 heavy (non-hydrogen) atoms. The van der Waals surface area contributed by atoms with E-state index in [1.807, 2.05) is 38.1 Å². The lowest BCUT2D eigenvalue weighted by molar-refractivity contribution is -0.691. The third-order valence-electron chi connectivity index (χ3n) is 3.81. The summed E-state index contributed by atoms with van der Waals surface area (Å²) in [7, 11) is 3.84. The molecule has 2 rings (SSSR count). The highest BCUT2D eigenvalue weighted by molar-refractivity contribution is 7.77. The highest BCUT2D eigenvalue weighted by Crippen LogP contribution is 2.18. The quantitative estimate of drug-likeness (QED) is 0.227. The molecule has 0 fully saturated rings. The number of rotatable bonds is 8. The first-order valence-corrected chi connectivity index (χ1v) is 8.73. The maximum Gasteiger partial charge on any atom is 0.387 e. The van der Waals surface area contributed by atoms with Gasteiger partial charge in [0.15, 0.2) is 12.4 Å². The van der Waals surface area contributed by atoms with Gasteiger partial charge < -0.3 is 27.3 Å². The molecule has 1 unspecified atom stereocenters. The van der Waals surface area contributed by atoms with E-state index in [0.29, 0.717) is 12.1 Å². The number of carbonyl (C=O) groups is 1. The number of benzene rings is 1. The van der Waals surface area contributed by atoms with E-state index in [-0.39, 0.29) is 16.6 Å². The fourth-order valence-electron chi connectivity index (χ4n) is 2.48. The standard InChI is InChI=1S/C19H21F2N3O2S/c1-4-22-18(27)16(24-11-9-14(10-12-24)23(2)3)17(25)13-5-7-15(8-6-13)26-19(20)21/h5-12,16,19H,4H2,1-3H3. The van der Waals surface area contributed by atoms with Crippen LogP contribution in [0.25, 0.3) is 0 Å². The van der Waals surface area contributed by atoms with Crippen molar-refractivity contribution in [2.45, 2.75) is 19.6 Å². The second kappa shape index (κ2) is 9.36. The fourth-order valence-corrected chi connectivity index (χ4v) is 2.83. The summed E-state index contributed by atoms with van der Waals surface area (Å²) in [5.41, 5.74) is 1.31. The molecule has 2 aromatic rings. The Labute approximate surface area is 162 Å². The van der Waals surface area contributed by atoms with Crippen molar-refractivity contribution in [2.75, 3.05) is 25.5 Å². The number of hydrogen-bond acceptors (Lipinski definition) is 5. The van der Waals surface area contributed by atoms with E-state index in [1.54, 1.807) is 17.0 Å². The average molecular weight is 393 g/mol. The summed E-state index contributed by atoms with van der Waals surface area (Å²) >= 11 is 5.36. The van der Waals surface area contributed by atoms with Crippen LogP contribution < -0.4 is 14.2 Å². The van der Waals surface area contributed by atoms with Crippen molar-refractivity contribution in [1.29, 1.82) is 0 Å². The number of Topliss-reactive ketones (excluding diaryl/α,β-unsaturated/α-hetero) is 1. The van der Waals surface area contributed by atoms with Crippen molar-refractivity contribution in [3.05, 3.63) is 54.4 Å². The van der Waals surface area contributed by atoms with Gasteiger partial charge in [-0.2, -0.15) is 13.3 Å². The maximum absolute atomic E-state index is 13.0. The van der Waals surface area contributed by atoms with Crippen LogP contribution in [0.3, 0.4) is 0 Å². The first kappa shape index (κ1) is 20.7. The van der Waals surface area contributed by atoms with E-state index in [9.17, 15) is 13.6 Å². The Morgan fingerprint density at radius 3 is 2.26 bits per heavy atom. The Hall–Kier alpha value is -2.61. The van der Waals surface area contributed by atoms with Gasteiger partial charge in [0.05, 0.1) is 0 Å². The van der Waals surface area contributed by atoms with Crippen molar-refractivity contribution >= 4 is 29.1 Å². The van der Waals surface area contributed by atoms with Gasteiger partial charge in [-0.15, -0.1) is 0 Å². The van der Waals surface area contributed by atoms with Crippen molar-refractivity contribution in [1.82, 2.24) is 0 Å². The van der Waals surface area contributed by atoms with Gasteiger partial charge in [0.1, 0.15) is 5.75 Å². The normalized spacial score (nSPS) is 12.7. The van der Waals surface area contributed by atoms with Gasteiger partial charge in [-0.25, -0.2) is 0 Å². The van der Waals surface area contributed by atoms with Crippen LogP contribution in [0.5, 0.6) is 5.75 Å². The van der Waals surface area contributed by atoms with Gasteiger partial charge in [-0.05, 0) is 36.2 Å². The SMILES string of the molecule is CCN=C([S-])C(C(=O)c1ccc(OC(F)F)cc1)[n+]1ccc(N(C)C)cc1. The van der Waals surface area contributed by atoms with Gasteiger partial charge in [0.25, 0.3) is 0 Å². The molecule has 0 N–H and O–H groups in total. The number of alkyl halides is 2. The summed E-state index contributed by atoms with van der Waals surface area (Å²) < 4.78 is 30.6. The molecule has 0 bridgehead atoms. The third-order valence-corrected chi connectivity index (χ3v) is 4.16. The predicted molar refractivity (Wildman–Crippen MR) is 103 cm³/mol. The molecule has 0 saturated carbocycles. The largest absolute Gasteiger partial charge is 0.758 e. The molecule has 144 valence electrons. The van der Waals surface area contributed by atoms with Gasteiger partial charge >= 0.3 is 6.61 Å². The van der Waals surface area contributed by atoms with Crippen LogP contribution in [0.4, 0.5) is 14.5 Å². The molecular formula is C19H21F2N3O2S. The van der Waals surface area contributed by atoms with Crippen LogP contribution in [0.1, 0.15) is 23.3 Å². The Morgan fingerprint density at radius 2 is 1.78 bits per heavy atom. The second-order valence-corrected chi connectivity index (χ2v) is 6.30. The van der Waals surface area contributed by atoms with Gasteiger partial charge in [-0.1, -0.05) is 0 Å². The molecule has 1 heterocycles. The first-order valence-electron chi connectivity index (χ1n) is 8.32. The second-order valence-electron chi connectivity index (χ2n) is 5.88. The third kappa shape index (κ3) is 5.43. The number of halogens is 2. The van der Waals surface area contributed by atoms with Crippen LogP contribution in [0.2, 0.25) is 0 Å². The highest BCUT2D eigenvalue weighted by Gasteiger charge is 2.28. The molecular weight excluding hydrogens is 372 g/mol. The highest BCUT2D eigenvalue weighted by atomic mass is 32.1. The number of hydrogen-bond donors (Lipinski definition) is 0. The molecule has 0 aliphatic heterocycles. The zero-order chi connectivity index (χ0) is 20.0. The van der Waals surface area contributed by atoms with E-state index in [1.165, 1.54) is 24.3 Å². The molecule has 5 nitrogen and oxygen atoms in total. The lowest BCUT2D eigenvalue weighted by Gasteiger charge is -2.19. The van der Waals surface area contributed by atoms with E-state index in [2.05, 4.69) is 9.73 Å². The van der Waals surface area contributed by atoms with Gasteiger partial charge in [0, 0.05) is 44.0 Å². The number of pyridine rings is 1. The molecule has 0 spiro atoms. The maximum atomic E-state index is 13.0. The molecule has 0 radical (unpaired) electrons. The van der Waals surface area contributed by atoms with E-state index < -0.39 is 12.7 Å². The zero-order valence-electron chi connectivity index (χ0n) is 15.3. The number of aliphatic imine (C=N–C) groups is 1. The molecule has 0 aliphatic rings. The van der Waals surface area contributed by atoms with Crippen LogP contribution >= 0.6 is 0 Å². The molecule has 1 aromatic carbocycles. The Morgan fingerprint density at radius 1 is 1.19 bits per heavy atom. The molecule has 0 aliphatic carbocycles. The average Bonchev–Trinajstić information content (AvgIpc) is 2.62. The molecule has 0 saturated heterocycles. The fraction of sp³-hybridized carbons (Fsp3) is 0.316. The molecule has 0 amide bonds. The summed E-state index contributed by atoms with van der Waals surface area (Å²) in [6, 6.07) is 8.49. The lowest BCUT2D eigenvalue weighted by Crippen LogP contribution is -2.47. The minimum Gasteiger partial charge on any atom is -0.758 e. The Kier molecular flexibility index (Phi) is 7.18. The topological polar surface area (TPSA) is 45.8 Å². The number of carbonyl (C=O) groups excluding carboxylic acids is 1. The number of ketones is 1. The summed E-state index contributed by atoms with van der Waals surface area (Å²) in [6.07, 6.45) is 3.54. The van der Waals surface area contributed by atoms with Gasteiger partial charge in [0.2, 0.25) is 11.8 Å². The van der Waals surface area contributed by atoms with Crippen LogP contribution in [-0.4, -0.2) is 38.1 Å². The minimum atomic E-state index is -2.92.